The van der Waals surface area contributed by atoms with Gasteiger partial charge in [-0.1, -0.05) is 6.92 Å². The molecular weight excluding hydrogens is 244 g/mol. The van der Waals surface area contributed by atoms with Crippen LogP contribution in [-0.4, -0.2) is 49.1 Å². The maximum atomic E-state index is 2.82. The Labute approximate surface area is 125 Å². The minimum absolute atomic E-state index is 0.927. The van der Waals surface area contributed by atoms with Gasteiger partial charge in [-0.25, -0.2) is 0 Å². The molecule has 1 aliphatic heterocycles. The van der Waals surface area contributed by atoms with Crippen molar-refractivity contribution in [2.75, 3.05) is 33.2 Å². The molecule has 0 radical (unpaired) electrons. The van der Waals surface area contributed by atoms with Crippen LogP contribution in [0.3, 0.4) is 0 Å². The van der Waals surface area contributed by atoms with Crippen LogP contribution in [0.4, 0.5) is 0 Å². The van der Waals surface area contributed by atoms with Gasteiger partial charge in [0.25, 0.3) is 0 Å². The van der Waals surface area contributed by atoms with E-state index in [0.717, 1.165) is 23.8 Å². The molecule has 2 aliphatic carbocycles. The van der Waals surface area contributed by atoms with Crippen molar-refractivity contribution in [2.24, 2.45) is 17.8 Å². The second-order valence-corrected chi connectivity index (χ2v) is 8.06. The predicted molar refractivity (Wildman–Crippen MR) is 85.9 cm³/mol. The number of rotatable bonds is 5. The van der Waals surface area contributed by atoms with Crippen LogP contribution in [0.25, 0.3) is 0 Å². The fraction of sp³-hybridized carbons (Fsp3) is 1.00. The SMILES string of the molecule is CC1CCC(N2CCC(CN(C)CC3CC3)CC2)CC1. The third-order valence-corrected chi connectivity index (χ3v) is 5.99. The van der Waals surface area contributed by atoms with E-state index in [2.05, 4.69) is 23.8 Å². The van der Waals surface area contributed by atoms with E-state index in [-0.39, 0.29) is 0 Å². The van der Waals surface area contributed by atoms with Crippen LogP contribution in [0.1, 0.15) is 58.3 Å². The molecule has 0 bridgehead atoms. The molecule has 0 unspecified atom stereocenters. The van der Waals surface area contributed by atoms with Crippen molar-refractivity contribution >= 4 is 0 Å². The number of piperidine rings is 1. The molecule has 1 saturated heterocycles. The summed E-state index contributed by atoms with van der Waals surface area (Å²) in [5.41, 5.74) is 0. The number of hydrogen-bond donors (Lipinski definition) is 0. The molecule has 2 saturated carbocycles. The van der Waals surface area contributed by atoms with Crippen LogP contribution >= 0.6 is 0 Å². The molecule has 0 aromatic heterocycles. The van der Waals surface area contributed by atoms with Gasteiger partial charge < -0.3 is 9.80 Å². The standard InChI is InChI=1S/C18H34N2/c1-15-3-7-18(8-4-15)20-11-9-17(10-12-20)14-19(2)13-16-5-6-16/h15-18H,3-14H2,1-2H3. The largest absolute Gasteiger partial charge is 0.306 e. The molecule has 3 rings (SSSR count). The van der Waals surface area contributed by atoms with E-state index in [1.165, 1.54) is 77.5 Å². The quantitative estimate of drug-likeness (QED) is 0.758. The molecule has 3 aliphatic rings. The van der Waals surface area contributed by atoms with Crippen molar-refractivity contribution in [3.63, 3.8) is 0 Å². The van der Waals surface area contributed by atoms with E-state index in [4.69, 9.17) is 0 Å². The van der Waals surface area contributed by atoms with Crippen LogP contribution in [0.5, 0.6) is 0 Å². The Morgan fingerprint density at radius 2 is 1.35 bits per heavy atom. The molecule has 2 nitrogen and oxygen atoms in total. The summed E-state index contributed by atoms with van der Waals surface area (Å²) in [4.78, 5) is 5.43. The minimum Gasteiger partial charge on any atom is -0.306 e. The summed E-state index contributed by atoms with van der Waals surface area (Å²) in [5.74, 6) is 3.00. The molecule has 2 heteroatoms. The van der Waals surface area contributed by atoms with Crippen molar-refractivity contribution in [1.82, 2.24) is 9.80 Å². The Kier molecular flexibility index (Phi) is 5.04. The summed E-state index contributed by atoms with van der Waals surface area (Å²) >= 11 is 0. The van der Waals surface area contributed by atoms with Gasteiger partial charge >= 0.3 is 0 Å². The lowest BCUT2D eigenvalue weighted by Gasteiger charge is -2.41. The van der Waals surface area contributed by atoms with Crippen LogP contribution < -0.4 is 0 Å². The van der Waals surface area contributed by atoms with Crippen molar-refractivity contribution in [1.29, 1.82) is 0 Å². The normalized spacial score (nSPS) is 33.8. The van der Waals surface area contributed by atoms with E-state index < -0.39 is 0 Å². The fourth-order valence-corrected chi connectivity index (χ4v) is 4.36. The Morgan fingerprint density at radius 1 is 0.800 bits per heavy atom. The Morgan fingerprint density at radius 3 is 1.90 bits per heavy atom. The lowest BCUT2D eigenvalue weighted by atomic mass is 9.85. The number of nitrogens with zero attached hydrogens (tertiary/aromatic N) is 2. The van der Waals surface area contributed by atoms with E-state index in [1.807, 2.05) is 0 Å². The smallest absolute Gasteiger partial charge is 0.00954 e. The molecule has 3 fully saturated rings. The van der Waals surface area contributed by atoms with Crippen molar-refractivity contribution in [3.05, 3.63) is 0 Å². The predicted octanol–water partition coefficient (Wildman–Crippen LogP) is 3.62. The summed E-state index contributed by atoms with van der Waals surface area (Å²) in [7, 11) is 2.34. The highest BCUT2D eigenvalue weighted by Gasteiger charge is 2.29. The summed E-state index contributed by atoms with van der Waals surface area (Å²) in [6.07, 6.45) is 11.7. The van der Waals surface area contributed by atoms with Gasteiger partial charge in [-0.05, 0) is 89.3 Å². The maximum absolute atomic E-state index is 2.82. The second kappa shape index (κ2) is 6.79. The fourth-order valence-electron chi connectivity index (χ4n) is 4.36. The van der Waals surface area contributed by atoms with Crippen molar-refractivity contribution in [2.45, 2.75) is 64.3 Å². The van der Waals surface area contributed by atoms with E-state index in [9.17, 15) is 0 Å². The third kappa shape index (κ3) is 4.21. The van der Waals surface area contributed by atoms with Crippen molar-refractivity contribution in [3.8, 4) is 0 Å². The zero-order chi connectivity index (χ0) is 13.9. The summed E-state index contributed by atoms with van der Waals surface area (Å²) in [6.45, 7) is 7.90. The lowest BCUT2D eigenvalue weighted by Crippen LogP contribution is -2.44. The van der Waals surface area contributed by atoms with E-state index >= 15 is 0 Å². The molecule has 0 amide bonds. The maximum Gasteiger partial charge on any atom is 0.00954 e. The van der Waals surface area contributed by atoms with Gasteiger partial charge in [-0.2, -0.15) is 0 Å². The molecule has 0 atom stereocenters. The summed E-state index contributed by atoms with van der Waals surface area (Å²) < 4.78 is 0. The minimum atomic E-state index is 0.927. The highest BCUT2D eigenvalue weighted by atomic mass is 15.2. The van der Waals surface area contributed by atoms with Gasteiger partial charge in [-0.15, -0.1) is 0 Å². The topological polar surface area (TPSA) is 6.48 Å². The van der Waals surface area contributed by atoms with Gasteiger partial charge in [0.05, 0.1) is 0 Å². The van der Waals surface area contributed by atoms with Crippen LogP contribution in [-0.2, 0) is 0 Å². The average Bonchev–Trinajstić information content (AvgIpc) is 3.24. The molecule has 0 N–H and O–H groups in total. The first-order valence-corrected chi connectivity index (χ1v) is 9.13. The van der Waals surface area contributed by atoms with Gasteiger partial charge in [0.2, 0.25) is 0 Å². The first kappa shape index (κ1) is 14.8. The highest BCUT2D eigenvalue weighted by Crippen LogP contribution is 2.31. The van der Waals surface area contributed by atoms with Crippen LogP contribution in [0, 0.1) is 17.8 Å². The average molecular weight is 278 g/mol. The van der Waals surface area contributed by atoms with Crippen molar-refractivity contribution < 1.29 is 0 Å². The van der Waals surface area contributed by atoms with E-state index in [1.54, 1.807) is 0 Å². The zero-order valence-corrected chi connectivity index (χ0v) is 13.7. The molecule has 20 heavy (non-hydrogen) atoms. The summed E-state index contributed by atoms with van der Waals surface area (Å²) in [6, 6.07) is 0.927. The van der Waals surface area contributed by atoms with Gasteiger partial charge in [0.15, 0.2) is 0 Å². The summed E-state index contributed by atoms with van der Waals surface area (Å²) in [5, 5.41) is 0. The molecule has 0 aromatic carbocycles. The van der Waals surface area contributed by atoms with Gasteiger partial charge in [-0.3, -0.25) is 0 Å². The van der Waals surface area contributed by atoms with Crippen LogP contribution in [0.15, 0.2) is 0 Å². The first-order valence-electron chi connectivity index (χ1n) is 9.13. The highest BCUT2D eigenvalue weighted by molar-refractivity contribution is 4.83. The molecular formula is C18H34N2. The Hall–Kier alpha value is -0.0800. The monoisotopic (exact) mass is 278 g/mol. The lowest BCUT2D eigenvalue weighted by molar-refractivity contribution is 0.0863. The molecule has 116 valence electrons. The molecule has 1 heterocycles. The first-order chi connectivity index (χ1) is 9.70. The second-order valence-electron chi connectivity index (χ2n) is 8.06. The third-order valence-electron chi connectivity index (χ3n) is 5.99. The Balaban J connectivity index is 1.35. The number of hydrogen-bond acceptors (Lipinski definition) is 2. The van der Waals surface area contributed by atoms with Gasteiger partial charge in [0, 0.05) is 19.1 Å². The van der Waals surface area contributed by atoms with Gasteiger partial charge in [0.1, 0.15) is 0 Å². The van der Waals surface area contributed by atoms with E-state index in [0.29, 0.717) is 0 Å². The number of likely N-dealkylation sites (tertiary alicyclic amines) is 1. The van der Waals surface area contributed by atoms with Crippen LogP contribution in [0.2, 0.25) is 0 Å². The zero-order valence-electron chi connectivity index (χ0n) is 13.7. The molecule has 0 aromatic rings. The molecule has 0 spiro atoms. The Bertz CT molecular complexity index is 284.